The van der Waals surface area contributed by atoms with Crippen LogP contribution in [0.2, 0.25) is 0 Å². The van der Waals surface area contributed by atoms with Crippen LogP contribution in [-0.2, 0) is 25.7 Å². The van der Waals surface area contributed by atoms with E-state index in [1.54, 1.807) is 19.6 Å². The lowest BCUT2D eigenvalue weighted by Gasteiger charge is -2.40. The van der Waals surface area contributed by atoms with Gasteiger partial charge in [-0.1, -0.05) is 0 Å². The van der Waals surface area contributed by atoms with Gasteiger partial charge in [0.25, 0.3) is 5.56 Å². The van der Waals surface area contributed by atoms with Crippen LogP contribution in [0.15, 0.2) is 4.79 Å². The second-order valence-corrected chi connectivity index (χ2v) is 10.9. The molecule has 0 amide bonds. The van der Waals surface area contributed by atoms with Gasteiger partial charge in [0.2, 0.25) is 11.8 Å². The first-order valence-electron chi connectivity index (χ1n) is 14.2. The highest BCUT2D eigenvalue weighted by Gasteiger charge is 2.44. The topological polar surface area (TPSA) is 293 Å². The van der Waals surface area contributed by atoms with Gasteiger partial charge in [-0.2, -0.15) is 4.98 Å². The molecule has 3 heterocycles. The summed E-state index contributed by atoms with van der Waals surface area (Å²) in [5.41, 5.74) is -0.962. The van der Waals surface area contributed by atoms with E-state index in [1.807, 2.05) is 0 Å². The molecule has 3 rings (SSSR count). The molecule has 2 aliphatic rings. The van der Waals surface area contributed by atoms with E-state index in [-0.39, 0.29) is 90.0 Å². The second kappa shape index (κ2) is 16.7. The molecule has 0 radical (unpaired) electrons. The zero-order valence-corrected chi connectivity index (χ0v) is 24.4. The molecule has 20 heteroatoms. The Bertz CT molecular complexity index is 1190. The summed E-state index contributed by atoms with van der Waals surface area (Å²) in [5, 5.41) is 81.1. The van der Waals surface area contributed by atoms with Gasteiger partial charge in [0.1, 0.15) is 24.4 Å². The maximum atomic E-state index is 13.0. The van der Waals surface area contributed by atoms with E-state index in [0.717, 1.165) is 0 Å². The van der Waals surface area contributed by atoms with Crippen molar-refractivity contribution in [2.45, 2.75) is 37.2 Å². The summed E-state index contributed by atoms with van der Waals surface area (Å²) >= 11 is 0. The number of carboxylic acids is 3. The van der Waals surface area contributed by atoms with Crippen molar-refractivity contribution in [3.8, 4) is 5.88 Å². The van der Waals surface area contributed by atoms with Crippen LogP contribution in [0.3, 0.4) is 0 Å². The number of hydrogen-bond donors (Lipinski definition) is 10. The van der Waals surface area contributed by atoms with Crippen LogP contribution in [0.5, 0.6) is 5.88 Å². The van der Waals surface area contributed by atoms with Crippen LogP contribution in [-0.4, -0.2) is 198 Å². The molecule has 0 bridgehead atoms. The van der Waals surface area contributed by atoms with Crippen LogP contribution in [0.25, 0.3) is 0 Å². The van der Waals surface area contributed by atoms with Crippen molar-refractivity contribution in [3.63, 3.8) is 0 Å². The summed E-state index contributed by atoms with van der Waals surface area (Å²) in [6.45, 7) is -0.214. The number of aromatic amines is 1. The third kappa shape index (κ3) is 10.8. The Labute approximate surface area is 256 Å². The third-order valence-electron chi connectivity index (χ3n) is 7.59. The number of aromatic nitrogens is 2. The van der Waals surface area contributed by atoms with Gasteiger partial charge in [-0.25, -0.2) is 0 Å². The summed E-state index contributed by atoms with van der Waals surface area (Å²) in [6.07, 6.45) is -6.18. The van der Waals surface area contributed by atoms with Gasteiger partial charge in [0.05, 0.1) is 31.8 Å². The summed E-state index contributed by atoms with van der Waals surface area (Å²) < 4.78 is 5.07. The average molecular weight is 648 g/mol. The van der Waals surface area contributed by atoms with Crippen LogP contribution in [0.4, 0.5) is 5.95 Å². The molecule has 0 saturated carbocycles. The number of hydrogen-bond acceptors (Lipinski definition) is 16. The van der Waals surface area contributed by atoms with E-state index in [9.17, 15) is 60.0 Å². The lowest BCUT2D eigenvalue weighted by molar-refractivity contribution is -0.245. The van der Waals surface area contributed by atoms with Gasteiger partial charge < -0.3 is 50.9 Å². The van der Waals surface area contributed by atoms with E-state index in [0.29, 0.717) is 0 Å². The average Bonchev–Trinajstić information content (AvgIpc) is 2.95. The maximum Gasteiger partial charge on any atom is 0.317 e. The molecular weight excluding hydrogens is 606 g/mol. The number of aliphatic hydroxyl groups is 4. The normalized spacial score (nSPS) is 26.9. The molecule has 2 saturated heterocycles. The number of rotatable bonds is 11. The van der Waals surface area contributed by atoms with E-state index >= 15 is 0 Å². The fourth-order valence-electron chi connectivity index (χ4n) is 5.12. The molecule has 2 aliphatic heterocycles. The minimum Gasteiger partial charge on any atom is -0.493 e. The highest BCUT2D eigenvalue weighted by molar-refractivity contribution is 5.69. The Morgan fingerprint density at radius 3 is 1.64 bits per heavy atom. The summed E-state index contributed by atoms with van der Waals surface area (Å²) in [4.78, 5) is 60.2. The van der Waals surface area contributed by atoms with E-state index in [4.69, 9.17) is 4.74 Å². The third-order valence-corrected chi connectivity index (χ3v) is 7.59. The van der Waals surface area contributed by atoms with E-state index in [1.165, 1.54) is 0 Å². The lowest BCUT2D eigenvalue weighted by atomic mass is 9.97. The number of aliphatic hydroxyl groups excluding tert-OH is 4. The zero-order valence-electron chi connectivity index (χ0n) is 24.4. The minimum atomic E-state index is -1.71. The molecule has 3 unspecified atom stereocenters. The maximum absolute atomic E-state index is 13.0. The zero-order chi connectivity index (χ0) is 33.3. The number of nitrogens with zero attached hydrogens (tertiary/aromatic N) is 5. The fourth-order valence-corrected chi connectivity index (χ4v) is 5.12. The molecule has 0 aromatic carbocycles. The number of carbonyl (C=O) groups is 3. The highest BCUT2D eigenvalue weighted by atomic mass is 16.6. The van der Waals surface area contributed by atoms with Gasteiger partial charge >= 0.3 is 17.9 Å². The number of nitrogens with one attached hydrogen (secondary N) is 2. The molecule has 2 fully saturated rings. The quantitative estimate of drug-likeness (QED) is 0.107. The minimum absolute atomic E-state index is 0.170. The fraction of sp³-hybridized carbons (Fsp3) is 0.720. The number of carboxylic acid groups (broad SMARTS) is 3. The van der Waals surface area contributed by atoms with Gasteiger partial charge in [0.15, 0.2) is 6.29 Å². The van der Waals surface area contributed by atoms with E-state index < -0.39 is 66.6 Å². The molecule has 1 aromatic rings. The Kier molecular flexibility index (Phi) is 13.4. The van der Waals surface area contributed by atoms with Gasteiger partial charge in [-0.3, -0.25) is 43.8 Å². The molecule has 10 N–H and O–H groups in total. The Balaban J connectivity index is 1.79. The first-order chi connectivity index (χ1) is 21.3. The van der Waals surface area contributed by atoms with Crippen LogP contribution in [0.1, 0.15) is 5.56 Å². The lowest BCUT2D eigenvalue weighted by Crippen LogP contribution is -2.61. The predicted molar refractivity (Wildman–Crippen MR) is 151 cm³/mol. The van der Waals surface area contributed by atoms with Crippen molar-refractivity contribution >= 4 is 23.9 Å². The molecule has 0 aliphatic carbocycles. The van der Waals surface area contributed by atoms with Crippen molar-refractivity contribution in [2.75, 3.05) is 83.9 Å². The molecular formula is C25H41N7O13. The Morgan fingerprint density at radius 2 is 1.24 bits per heavy atom. The smallest absolute Gasteiger partial charge is 0.317 e. The monoisotopic (exact) mass is 647 g/mol. The molecule has 20 nitrogen and oxygen atoms in total. The number of aliphatic carboxylic acids is 3. The molecule has 254 valence electrons. The predicted octanol–water partition coefficient (Wildman–Crippen LogP) is -5.34. The summed E-state index contributed by atoms with van der Waals surface area (Å²) in [7, 11) is 0. The van der Waals surface area contributed by atoms with Crippen molar-refractivity contribution in [1.82, 2.24) is 29.6 Å². The Hall–Kier alpha value is -3.47. The highest BCUT2D eigenvalue weighted by Crippen LogP contribution is 2.23. The van der Waals surface area contributed by atoms with Crippen molar-refractivity contribution in [2.24, 2.45) is 0 Å². The van der Waals surface area contributed by atoms with Crippen LogP contribution < -0.4 is 10.9 Å². The molecule has 45 heavy (non-hydrogen) atoms. The summed E-state index contributed by atoms with van der Waals surface area (Å²) in [6, 6.07) is -1.39. The van der Waals surface area contributed by atoms with Gasteiger partial charge in [-0.15, -0.1) is 0 Å². The van der Waals surface area contributed by atoms with Crippen LogP contribution >= 0.6 is 0 Å². The van der Waals surface area contributed by atoms with Gasteiger partial charge in [-0.05, 0) is 0 Å². The second-order valence-electron chi connectivity index (χ2n) is 10.9. The first kappa shape index (κ1) is 36.0. The Morgan fingerprint density at radius 1 is 0.800 bits per heavy atom. The largest absolute Gasteiger partial charge is 0.493 e. The number of ether oxygens (including phenoxy) is 1. The van der Waals surface area contributed by atoms with E-state index in [2.05, 4.69) is 15.3 Å². The molecule has 1 aromatic heterocycles. The first-order valence-corrected chi connectivity index (χ1v) is 14.2. The number of H-pyrrole nitrogens is 1. The number of aromatic hydroxyl groups is 1. The standard InChI is InChI=1S/C25H41N7O13/c33-13-15-20(40)21(41)19(24(44)45-15)26-25-27-22(42)14(23(43)28-25)9-29-1-3-30(10-16(34)35)5-7-32(12-18(38)39)8-6-31(4-2-29)11-17(36)37/h15,19-21,24,33,40-41,44H,1-13H2,(H,34,35)(H,36,37)(H,38,39)(H3,26,27,28,42,43)/t15?,19?,20-,21-,24?/m1/s1. The number of anilines is 1. The summed E-state index contributed by atoms with van der Waals surface area (Å²) in [5.74, 6) is -4.32. The van der Waals surface area contributed by atoms with Crippen molar-refractivity contribution < 1.29 is 60.0 Å². The molecule has 5 atom stereocenters. The van der Waals surface area contributed by atoms with Crippen molar-refractivity contribution in [3.05, 3.63) is 15.9 Å². The van der Waals surface area contributed by atoms with Crippen LogP contribution in [0, 0.1) is 0 Å². The SMILES string of the molecule is O=C(O)CN1CCN(CC(=O)O)CCN(Cc2c(O)nc(NC3C(O)OC(CO)[C@@H](O)[C@@H]3O)[nH]c2=O)CCN(CC(=O)O)CC1. The van der Waals surface area contributed by atoms with Gasteiger partial charge in [0, 0.05) is 58.9 Å². The van der Waals surface area contributed by atoms with Crippen molar-refractivity contribution in [1.29, 1.82) is 0 Å². The molecule has 0 spiro atoms.